The van der Waals surface area contributed by atoms with Crippen LogP contribution in [0.1, 0.15) is 69.3 Å². The summed E-state index contributed by atoms with van der Waals surface area (Å²) in [5, 5.41) is 0. The van der Waals surface area contributed by atoms with Crippen molar-refractivity contribution in [3.8, 4) is 5.75 Å². The quantitative estimate of drug-likeness (QED) is 0.395. The van der Waals surface area contributed by atoms with Crippen LogP contribution in [0.5, 0.6) is 5.75 Å². The number of allylic oxidation sites excluding steroid dienone is 1. The van der Waals surface area contributed by atoms with E-state index in [2.05, 4.69) is 36.9 Å². The van der Waals surface area contributed by atoms with Gasteiger partial charge in [-0.3, -0.25) is 4.39 Å². The molecule has 0 atom stereocenters. The highest BCUT2D eigenvalue weighted by Crippen LogP contribution is 2.44. The molecule has 0 aromatic heterocycles. The Labute approximate surface area is 152 Å². The summed E-state index contributed by atoms with van der Waals surface area (Å²) in [6, 6.07) is 8.53. The number of halogens is 1. The summed E-state index contributed by atoms with van der Waals surface area (Å²) in [6.07, 6.45) is 13.6. The molecule has 0 amide bonds. The maximum Gasteiger partial charge on any atom is 0.119 e. The van der Waals surface area contributed by atoms with Gasteiger partial charge >= 0.3 is 0 Å². The standard InChI is InChI=1S/C23H33FO/c1-2-18-4-6-19(7-5-18)20-8-10-21(11-9-20)22-12-14-23(15-13-22)25-17-3-16-24/h2,12-15,18-21H,1,3-11,16-17H2. The number of ether oxygens (including phenoxy) is 1. The molecule has 2 aliphatic rings. The molecule has 0 radical (unpaired) electrons. The Hall–Kier alpha value is -1.31. The predicted molar refractivity (Wildman–Crippen MR) is 103 cm³/mol. The molecule has 138 valence electrons. The molecule has 0 aliphatic heterocycles. The number of rotatable bonds is 7. The molecule has 25 heavy (non-hydrogen) atoms. The molecule has 2 saturated carbocycles. The Morgan fingerprint density at radius 1 is 0.920 bits per heavy atom. The van der Waals surface area contributed by atoms with E-state index in [0.717, 1.165) is 23.5 Å². The maximum atomic E-state index is 12.1. The minimum absolute atomic E-state index is 0.309. The molecule has 3 rings (SSSR count). The van der Waals surface area contributed by atoms with Crippen molar-refractivity contribution in [2.45, 2.75) is 63.7 Å². The second-order valence-electron chi connectivity index (χ2n) is 7.98. The fourth-order valence-corrected chi connectivity index (χ4v) is 4.86. The molecule has 0 spiro atoms. The van der Waals surface area contributed by atoms with Crippen LogP contribution in [0.25, 0.3) is 0 Å². The summed E-state index contributed by atoms with van der Waals surface area (Å²) in [7, 11) is 0. The maximum absolute atomic E-state index is 12.1. The second-order valence-corrected chi connectivity index (χ2v) is 7.98. The zero-order valence-electron chi connectivity index (χ0n) is 15.5. The summed E-state index contributed by atoms with van der Waals surface area (Å²) in [4.78, 5) is 0. The first-order valence-corrected chi connectivity index (χ1v) is 10.2. The monoisotopic (exact) mass is 344 g/mol. The van der Waals surface area contributed by atoms with Gasteiger partial charge in [-0.05, 0) is 92.7 Å². The number of hydrogen-bond acceptors (Lipinski definition) is 1. The van der Waals surface area contributed by atoms with Gasteiger partial charge in [0.05, 0.1) is 13.3 Å². The largest absolute Gasteiger partial charge is 0.494 e. The van der Waals surface area contributed by atoms with Crippen LogP contribution in [0, 0.1) is 17.8 Å². The highest BCUT2D eigenvalue weighted by molar-refractivity contribution is 5.29. The van der Waals surface area contributed by atoms with Gasteiger partial charge in [0.1, 0.15) is 5.75 Å². The molecule has 1 nitrogen and oxygen atoms in total. The number of alkyl halides is 1. The molecule has 0 unspecified atom stereocenters. The molecule has 1 aromatic rings. The lowest BCUT2D eigenvalue weighted by Crippen LogP contribution is -2.25. The SMILES string of the molecule is C=CC1CCC(C2CCC(c3ccc(OCCCF)cc3)CC2)CC1. The van der Waals surface area contributed by atoms with E-state index in [1.165, 1.54) is 56.9 Å². The fraction of sp³-hybridized carbons (Fsp3) is 0.652. The first-order valence-electron chi connectivity index (χ1n) is 10.2. The zero-order valence-corrected chi connectivity index (χ0v) is 15.5. The Morgan fingerprint density at radius 3 is 2.08 bits per heavy atom. The number of hydrogen-bond donors (Lipinski definition) is 0. The highest BCUT2D eigenvalue weighted by atomic mass is 19.1. The van der Waals surface area contributed by atoms with E-state index >= 15 is 0 Å². The molecule has 2 aliphatic carbocycles. The molecule has 1 aromatic carbocycles. The van der Waals surface area contributed by atoms with E-state index in [-0.39, 0.29) is 6.67 Å². The number of benzene rings is 1. The minimum Gasteiger partial charge on any atom is -0.494 e. The third-order valence-corrected chi connectivity index (χ3v) is 6.49. The predicted octanol–water partition coefficient (Wildman–Crippen LogP) is 6.69. The van der Waals surface area contributed by atoms with Crippen LogP contribution in [0.15, 0.2) is 36.9 Å². The van der Waals surface area contributed by atoms with E-state index < -0.39 is 0 Å². The molecular formula is C23H33FO. The lowest BCUT2D eigenvalue weighted by molar-refractivity contribution is 0.171. The average molecular weight is 345 g/mol. The third-order valence-electron chi connectivity index (χ3n) is 6.49. The Balaban J connectivity index is 1.45. The zero-order chi connectivity index (χ0) is 17.5. The van der Waals surface area contributed by atoms with Crippen LogP contribution in [-0.2, 0) is 0 Å². The highest BCUT2D eigenvalue weighted by Gasteiger charge is 2.30. The van der Waals surface area contributed by atoms with Crippen molar-refractivity contribution in [2.75, 3.05) is 13.3 Å². The fourth-order valence-electron chi connectivity index (χ4n) is 4.86. The van der Waals surface area contributed by atoms with Crippen molar-refractivity contribution in [1.29, 1.82) is 0 Å². The topological polar surface area (TPSA) is 9.23 Å². The van der Waals surface area contributed by atoms with E-state index in [1.807, 2.05) is 0 Å². The molecule has 0 saturated heterocycles. The second kappa shape index (κ2) is 9.40. The average Bonchev–Trinajstić information content (AvgIpc) is 2.69. The summed E-state index contributed by atoms with van der Waals surface area (Å²) < 4.78 is 17.7. The summed E-state index contributed by atoms with van der Waals surface area (Å²) in [6.45, 7) is 4.13. The van der Waals surface area contributed by atoms with Gasteiger partial charge < -0.3 is 4.74 Å². The summed E-state index contributed by atoms with van der Waals surface area (Å²) in [5.41, 5.74) is 1.45. The Kier molecular flexibility index (Phi) is 6.95. The Morgan fingerprint density at radius 2 is 1.52 bits per heavy atom. The normalized spacial score (nSPS) is 30.0. The molecular weight excluding hydrogens is 311 g/mol. The van der Waals surface area contributed by atoms with Crippen molar-refractivity contribution in [3.63, 3.8) is 0 Å². The van der Waals surface area contributed by atoms with Crippen LogP contribution >= 0.6 is 0 Å². The van der Waals surface area contributed by atoms with Crippen LogP contribution in [-0.4, -0.2) is 13.3 Å². The Bertz CT molecular complexity index is 507. The summed E-state index contributed by atoms with van der Waals surface area (Å²) in [5.74, 6) is 4.26. The molecule has 0 heterocycles. The minimum atomic E-state index is -0.309. The van der Waals surface area contributed by atoms with Gasteiger partial charge in [0.15, 0.2) is 0 Å². The van der Waals surface area contributed by atoms with E-state index in [0.29, 0.717) is 18.9 Å². The van der Waals surface area contributed by atoms with E-state index in [1.54, 1.807) is 0 Å². The molecule has 0 bridgehead atoms. The molecule has 2 fully saturated rings. The van der Waals surface area contributed by atoms with Gasteiger partial charge in [0, 0.05) is 6.42 Å². The van der Waals surface area contributed by atoms with Gasteiger partial charge in [-0.15, -0.1) is 6.58 Å². The lowest BCUT2D eigenvalue weighted by Gasteiger charge is -2.37. The third kappa shape index (κ3) is 5.09. The molecule has 2 heteroatoms. The van der Waals surface area contributed by atoms with Gasteiger partial charge in [-0.1, -0.05) is 18.2 Å². The van der Waals surface area contributed by atoms with Gasteiger partial charge in [-0.25, -0.2) is 0 Å². The van der Waals surface area contributed by atoms with Crippen molar-refractivity contribution in [3.05, 3.63) is 42.5 Å². The van der Waals surface area contributed by atoms with Crippen molar-refractivity contribution in [2.24, 2.45) is 17.8 Å². The van der Waals surface area contributed by atoms with E-state index in [4.69, 9.17) is 4.74 Å². The first-order chi connectivity index (χ1) is 12.3. The van der Waals surface area contributed by atoms with Crippen LogP contribution in [0.4, 0.5) is 4.39 Å². The van der Waals surface area contributed by atoms with Crippen LogP contribution in [0.2, 0.25) is 0 Å². The van der Waals surface area contributed by atoms with E-state index in [9.17, 15) is 4.39 Å². The summed E-state index contributed by atoms with van der Waals surface area (Å²) >= 11 is 0. The van der Waals surface area contributed by atoms with Crippen LogP contribution < -0.4 is 4.74 Å². The van der Waals surface area contributed by atoms with Gasteiger partial charge in [-0.2, -0.15) is 0 Å². The van der Waals surface area contributed by atoms with Gasteiger partial charge in [0.25, 0.3) is 0 Å². The smallest absolute Gasteiger partial charge is 0.119 e. The first kappa shape index (κ1) is 18.5. The lowest BCUT2D eigenvalue weighted by atomic mass is 9.68. The van der Waals surface area contributed by atoms with Crippen molar-refractivity contribution in [1.82, 2.24) is 0 Å². The molecule has 0 N–H and O–H groups in total. The van der Waals surface area contributed by atoms with Crippen LogP contribution in [0.3, 0.4) is 0 Å². The van der Waals surface area contributed by atoms with Crippen molar-refractivity contribution >= 4 is 0 Å². The van der Waals surface area contributed by atoms with Gasteiger partial charge in [0.2, 0.25) is 0 Å². The van der Waals surface area contributed by atoms with Crippen molar-refractivity contribution < 1.29 is 9.13 Å².